The Morgan fingerprint density at radius 3 is 2.81 bits per heavy atom. The Bertz CT molecular complexity index is 670. The number of fused-ring (bicyclic) bond motifs is 1. The SMILES string of the molecule is CC1CC(C)C(C)N(c2ccc(N)c3cc(Br)cnc23)C1. The van der Waals surface area contributed by atoms with Crippen LogP contribution in [0, 0.1) is 11.8 Å². The molecule has 2 N–H and O–H groups in total. The third-order valence-corrected chi connectivity index (χ3v) is 5.17. The molecule has 1 aliphatic heterocycles. The van der Waals surface area contributed by atoms with Crippen molar-refractivity contribution in [2.75, 3.05) is 17.2 Å². The second-order valence-corrected chi connectivity index (χ2v) is 7.35. The van der Waals surface area contributed by atoms with Gasteiger partial charge >= 0.3 is 0 Å². The van der Waals surface area contributed by atoms with E-state index in [1.807, 2.05) is 12.3 Å². The number of nitrogen functional groups attached to an aromatic ring is 1. The molecule has 21 heavy (non-hydrogen) atoms. The molecular weight excluding hydrogens is 326 g/mol. The van der Waals surface area contributed by atoms with E-state index in [-0.39, 0.29) is 0 Å². The molecule has 3 rings (SSSR count). The molecule has 1 fully saturated rings. The summed E-state index contributed by atoms with van der Waals surface area (Å²) in [5.41, 5.74) is 9.13. The highest BCUT2D eigenvalue weighted by Gasteiger charge is 2.30. The first kappa shape index (κ1) is 14.6. The van der Waals surface area contributed by atoms with Crippen LogP contribution in [0.3, 0.4) is 0 Å². The van der Waals surface area contributed by atoms with E-state index in [0.717, 1.165) is 27.6 Å². The first-order valence-electron chi connectivity index (χ1n) is 7.57. The number of nitrogens with zero attached hydrogens (tertiary/aromatic N) is 2. The zero-order chi connectivity index (χ0) is 15.1. The Morgan fingerprint density at radius 2 is 2.05 bits per heavy atom. The van der Waals surface area contributed by atoms with Crippen LogP contribution in [0.4, 0.5) is 11.4 Å². The van der Waals surface area contributed by atoms with Gasteiger partial charge in [0.05, 0.1) is 11.2 Å². The predicted molar refractivity (Wildman–Crippen MR) is 93.6 cm³/mol. The molecule has 0 amide bonds. The lowest BCUT2D eigenvalue weighted by Gasteiger charge is -2.43. The number of hydrogen-bond donors (Lipinski definition) is 1. The van der Waals surface area contributed by atoms with Gasteiger partial charge in [-0.2, -0.15) is 0 Å². The second-order valence-electron chi connectivity index (χ2n) is 6.43. The number of anilines is 2. The first-order valence-corrected chi connectivity index (χ1v) is 8.37. The van der Waals surface area contributed by atoms with Gasteiger partial charge in [0.25, 0.3) is 0 Å². The van der Waals surface area contributed by atoms with E-state index in [2.05, 4.69) is 58.7 Å². The van der Waals surface area contributed by atoms with Crippen molar-refractivity contribution < 1.29 is 0 Å². The summed E-state index contributed by atoms with van der Waals surface area (Å²) in [6, 6.07) is 6.71. The molecule has 0 radical (unpaired) electrons. The van der Waals surface area contributed by atoms with Crippen LogP contribution < -0.4 is 10.6 Å². The quantitative estimate of drug-likeness (QED) is 0.774. The first-order chi connectivity index (χ1) is 9.97. The summed E-state index contributed by atoms with van der Waals surface area (Å²) in [6.45, 7) is 8.08. The van der Waals surface area contributed by atoms with Gasteiger partial charge < -0.3 is 10.6 Å². The molecule has 3 atom stereocenters. The molecule has 4 heteroatoms. The van der Waals surface area contributed by atoms with Crippen LogP contribution in [0.2, 0.25) is 0 Å². The van der Waals surface area contributed by atoms with Gasteiger partial charge in [0.15, 0.2) is 0 Å². The lowest BCUT2D eigenvalue weighted by atomic mass is 9.85. The van der Waals surface area contributed by atoms with E-state index >= 15 is 0 Å². The maximum Gasteiger partial charge on any atom is 0.0956 e. The van der Waals surface area contributed by atoms with E-state index in [1.165, 1.54) is 12.1 Å². The molecule has 0 bridgehead atoms. The fourth-order valence-corrected chi connectivity index (χ4v) is 3.80. The molecule has 2 aromatic rings. The number of halogens is 1. The van der Waals surface area contributed by atoms with Crippen molar-refractivity contribution in [2.45, 2.75) is 33.2 Å². The third-order valence-electron chi connectivity index (χ3n) is 4.74. The molecule has 3 unspecified atom stereocenters. The van der Waals surface area contributed by atoms with E-state index in [0.29, 0.717) is 17.9 Å². The minimum Gasteiger partial charge on any atom is -0.398 e. The Kier molecular flexibility index (Phi) is 3.82. The summed E-state index contributed by atoms with van der Waals surface area (Å²) in [4.78, 5) is 7.13. The molecule has 1 aromatic heterocycles. The second kappa shape index (κ2) is 5.48. The highest BCUT2D eigenvalue weighted by Crippen LogP contribution is 2.36. The minimum absolute atomic E-state index is 0.526. The Morgan fingerprint density at radius 1 is 1.29 bits per heavy atom. The molecule has 1 saturated heterocycles. The van der Waals surface area contributed by atoms with Gasteiger partial charge in [0, 0.05) is 34.3 Å². The standard InChI is InChI=1S/C17H22BrN3/c1-10-6-11(2)12(3)21(9-10)16-5-4-15(19)14-7-13(18)8-20-17(14)16/h4-5,7-8,10-12H,6,9,19H2,1-3H3. The van der Waals surface area contributed by atoms with Crippen LogP contribution in [-0.4, -0.2) is 17.6 Å². The summed E-state index contributed by atoms with van der Waals surface area (Å²) >= 11 is 3.49. The molecule has 3 nitrogen and oxygen atoms in total. The maximum atomic E-state index is 6.13. The highest BCUT2D eigenvalue weighted by molar-refractivity contribution is 9.10. The zero-order valence-electron chi connectivity index (χ0n) is 12.8. The number of piperidine rings is 1. The van der Waals surface area contributed by atoms with E-state index in [9.17, 15) is 0 Å². The fraction of sp³-hybridized carbons (Fsp3) is 0.471. The lowest BCUT2D eigenvalue weighted by Crippen LogP contribution is -2.46. The summed E-state index contributed by atoms with van der Waals surface area (Å²) in [6.07, 6.45) is 3.15. The summed E-state index contributed by atoms with van der Waals surface area (Å²) in [5.74, 6) is 1.40. The van der Waals surface area contributed by atoms with E-state index < -0.39 is 0 Å². The monoisotopic (exact) mass is 347 g/mol. The van der Waals surface area contributed by atoms with Gasteiger partial charge in [0.1, 0.15) is 0 Å². The molecule has 0 saturated carbocycles. The van der Waals surface area contributed by atoms with Gasteiger partial charge in [0.2, 0.25) is 0 Å². The van der Waals surface area contributed by atoms with Crippen LogP contribution in [0.5, 0.6) is 0 Å². The van der Waals surface area contributed by atoms with Gasteiger partial charge in [-0.25, -0.2) is 0 Å². The number of hydrogen-bond acceptors (Lipinski definition) is 3. The Labute approximate surface area is 134 Å². The van der Waals surface area contributed by atoms with Gasteiger partial charge in [-0.15, -0.1) is 0 Å². The Hall–Kier alpha value is -1.29. The van der Waals surface area contributed by atoms with Crippen LogP contribution >= 0.6 is 15.9 Å². The number of nitrogens with two attached hydrogens (primary N) is 1. The van der Waals surface area contributed by atoms with E-state index in [1.54, 1.807) is 0 Å². The molecule has 112 valence electrons. The Balaban J connectivity index is 2.14. The molecule has 1 aromatic carbocycles. The lowest BCUT2D eigenvalue weighted by molar-refractivity contribution is 0.297. The highest BCUT2D eigenvalue weighted by atomic mass is 79.9. The maximum absolute atomic E-state index is 6.13. The van der Waals surface area contributed by atoms with Crippen molar-refractivity contribution >= 4 is 38.2 Å². The number of rotatable bonds is 1. The van der Waals surface area contributed by atoms with Crippen molar-refractivity contribution in [3.05, 3.63) is 28.9 Å². The van der Waals surface area contributed by atoms with Crippen LogP contribution in [-0.2, 0) is 0 Å². The third kappa shape index (κ3) is 2.61. The summed E-state index contributed by atoms with van der Waals surface area (Å²) in [5, 5.41) is 1.03. The van der Waals surface area contributed by atoms with E-state index in [4.69, 9.17) is 5.73 Å². The fourth-order valence-electron chi connectivity index (χ4n) is 3.47. The molecule has 0 spiro atoms. The van der Waals surface area contributed by atoms with Crippen molar-refractivity contribution in [3.63, 3.8) is 0 Å². The van der Waals surface area contributed by atoms with Crippen LogP contribution in [0.15, 0.2) is 28.9 Å². The summed E-state index contributed by atoms with van der Waals surface area (Å²) < 4.78 is 0.965. The number of benzene rings is 1. The largest absolute Gasteiger partial charge is 0.398 e. The smallest absolute Gasteiger partial charge is 0.0956 e. The van der Waals surface area contributed by atoms with Gasteiger partial charge in [-0.1, -0.05) is 13.8 Å². The zero-order valence-corrected chi connectivity index (χ0v) is 14.4. The molecule has 2 heterocycles. The number of aromatic nitrogens is 1. The average molecular weight is 348 g/mol. The normalized spacial score (nSPS) is 26.3. The predicted octanol–water partition coefficient (Wildman–Crippen LogP) is 4.45. The molecule has 1 aliphatic rings. The molecule has 0 aliphatic carbocycles. The van der Waals surface area contributed by atoms with Crippen LogP contribution in [0.25, 0.3) is 10.9 Å². The average Bonchev–Trinajstić information content (AvgIpc) is 2.44. The van der Waals surface area contributed by atoms with Crippen LogP contribution in [0.1, 0.15) is 27.2 Å². The summed E-state index contributed by atoms with van der Waals surface area (Å²) in [7, 11) is 0. The van der Waals surface area contributed by atoms with Crippen molar-refractivity contribution in [1.29, 1.82) is 0 Å². The topological polar surface area (TPSA) is 42.1 Å². The van der Waals surface area contributed by atoms with Crippen molar-refractivity contribution in [3.8, 4) is 0 Å². The minimum atomic E-state index is 0.526. The van der Waals surface area contributed by atoms with Gasteiger partial charge in [-0.3, -0.25) is 4.98 Å². The van der Waals surface area contributed by atoms with Gasteiger partial charge in [-0.05, 0) is 59.3 Å². The van der Waals surface area contributed by atoms with Crippen molar-refractivity contribution in [1.82, 2.24) is 4.98 Å². The van der Waals surface area contributed by atoms with Crippen molar-refractivity contribution in [2.24, 2.45) is 11.8 Å². The molecular formula is C17H22BrN3. The number of pyridine rings is 1.